The van der Waals surface area contributed by atoms with Crippen LogP contribution in [0.2, 0.25) is 0 Å². The van der Waals surface area contributed by atoms with E-state index >= 15 is 0 Å². The molecule has 31 heteroatoms. The Balaban J connectivity index is 4.31. The van der Waals surface area contributed by atoms with Crippen LogP contribution in [-0.2, 0) is 57.0 Å². The van der Waals surface area contributed by atoms with E-state index in [1.807, 2.05) is 0 Å². The van der Waals surface area contributed by atoms with Crippen molar-refractivity contribution in [3.63, 3.8) is 0 Å². The lowest BCUT2D eigenvalue weighted by atomic mass is 9.88. The van der Waals surface area contributed by atoms with Gasteiger partial charge in [0.25, 0.3) is 5.79 Å². The number of carbonyl (C=O) groups is 3. The Bertz CT molecular complexity index is 1530. The lowest BCUT2D eigenvalue weighted by Gasteiger charge is -2.49. The number of carboxylic acid groups (broad SMARTS) is 1. The molecule has 426 valence electrons. The number of ether oxygens (including phenoxy) is 9. The first-order chi connectivity index (χ1) is 33.8. The molecule has 11 unspecified atom stereocenters. The van der Waals surface area contributed by atoms with Crippen LogP contribution in [0.4, 0.5) is 0 Å². The Morgan fingerprint density at radius 1 is 0.597 bits per heavy atom. The summed E-state index contributed by atoms with van der Waals surface area (Å²) in [6.45, 7) is -2.40. The van der Waals surface area contributed by atoms with Crippen LogP contribution < -0.4 is 10.6 Å². The van der Waals surface area contributed by atoms with Crippen LogP contribution in [0.25, 0.3) is 0 Å². The number of methoxy groups -OCH3 is 4. The molecule has 72 heavy (non-hydrogen) atoms. The zero-order chi connectivity index (χ0) is 55.2. The first-order valence-corrected chi connectivity index (χ1v) is 22.6. The fourth-order valence-corrected chi connectivity index (χ4v) is 7.68. The number of aliphatic hydroxyl groups is 16. The Hall–Kier alpha value is -2.59. The summed E-state index contributed by atoms with van der Waals surface area (Å²) in [4.78, 5) is 38.6. The topological polar surface area (TPSA) is 502 Å². The highest BCUT2D eigenvalue weighted by Crippen LogP contribution is 2.37. The smallest absolute Gasteiger partial charge is 0.364 e. The fourth-order valence-electron chi connectivity index (χ4n) is 7.68. The fraction of sp³-hybridized carbons (Fsp3) is 0.927. The van der Waals surface area contributed by atoms with Crippen molar-refractivity contribution in [3.8, 4) is 0 Å². The van der Waals surface area contributed by atoms with E-state index in [1.54, 1.807) is 0 Å². The van der Waals surface area contributed by atoms with E-state index in [9.17, 15) is 101 Å². The zero-order valence-corrected chi connectivity index (χ0v) is 40.7. The second-order valence-electron chi connectivity index (χ2n) is 16.7. The molecular formula is C41H78N2O29. The minimum Gasteiger partial charge on any atom is -0.477 e. The van der Waals surface area contributed by atoms with Crippen LogP contribution in [0.3, 0.4) is 0 Å². The van der Waals surface area contributed by atoms with Crippen LogP contribution in [0.5, 0.6) is 0 Å². The molecule has 2 amide bonds. The summed E-state index contributed by atoms with van der Waals surface area (Å²) in [5, 5.41) is 185. The van der Waals surface area contributed by atoms with Gasteiger partial charge in [0.1, 0.15) is 67.1 Å². The van der Waals surface area contributed by atoms with Gasteiger partial charge in [0.15, 0.2) is 25.2 Å². The summed E-state index contributed by atoms with van der Waals surface area (Å²) in [5.74, 6) is -7.27. The number of hydrogen-bond acceptors (Lipinski definition) is 28. The number of carbonyl (C=O) groups excluding carboxylic acids is 2. The molecule has 1 rings (SSSR count). The van der Waals surface area contributed by atoms with Crippen LogP contribution >= 0.6 is 0 Å². The van der Waals surface area contributed by atoms with Crippen molar-refractivity contribution in [3.05, 3.63) is 0 Å². The Morgan fingerprint density at radius 3 is 1.58 bits per heavy atom. The SMILES string of the molecule is COC(O[C@H](CCO)C(O)[C@H](O)C(O)OC)C(O)C(O[C@]1(C(=O)O)CC(O)[C@@H](NC(C)=O)C([C@H](O)[C@H](O)CO)O1)[C@H](CCO)O[C@H](OC)C(NC(C)=O)C(O[C@H](OC)C(O)C(O)[C@@H](O)CCO)[C@@H](O)CCO. The quantitative estimate of drug-likeness (QED) is 0.0255. The summed E-state index contributed by atoms with van der Waals surface area (Å²) in [6.07, 6.45) is -43.7. The van der Waals surface area contributed by atoms with Crippen molar-refractivity contribution >= 4 is 17.8 Å². The van der Waals surface area contributed by atoms with E-state index in [0.29, 0.717) is 0 Å². The number of aliphatic carboxylic acids is 1. The molecule has 0 aromatic rings. The zero-order valence-electron chi connectivity index (χ0n) is 40.7. The molecule has 0 bridgehead atoms. The van der Waals surface area contributed by atoms with Gasteiger partial charge in [0, 0.05) is 75.1 Å². The molecule has 1 saturated heterocycles. The van der Waals surface area contributed by atoms with Crippen LogP contribution in [-0.4, -0.2) is 301 Å². The predicted octanol–water partition coefficient (Wildman–Crippen LogP) is -9.88. The summed E-state index contributed by atoms with van der Waals surface area (Å²) >= 11 is 0. The number of amides is 2. The summed E-state index contributed by atoms with van der Waals surface area (Å²) in [5.41, 5.74) is 0. The molecule has 0 aliphatic carbocycles. The predicted molar refractivity (Wildman–Crippen MR) is 234 cm³/mol. The van der Waals surface area contributed by atoms with Crippen molar-refractivity contribution < 1.29 is 144 Å². The molecule has 1 aliphatic heterocycles. The maximum absolute atomic E-state index is 13.5. The average molecular weight is 1060 g/mol. The third kappa shape index (κ3) is 19.2. The third-order valence-corrected chi connectivity index (χ3v) is 11.5. The third-order valence-electron chi connectivity index (χ3n) is 11.5. The normalized spacial score (nSPS) is 26.2. The molecule has 1 heterocycles. The second kappa shape index (κ2) is 33.4. The minimum absolute atomic E-state index is 0.438. The lowest BCUT2D eigenvalue weighted by Crippen LogP contribution is -2.69. The Labute approximate surface area is 413 Å². The van der Waals surface area contributed by atoms with Gasteiger partial charge in [-0.05, 0) is 25.7 Å². The second-order valence-corrected chi connectivity index (χ2v) is 16.7. The van der Waals surface area contributed by atoms with Gasteiger partial charge in [-0.1, -0.05) is 0 Å². The molecule has 1 aliphatic rings. The molecule has 1 fully saturated rings. The molecule has 0 aromatic carbocycles. The molecule has 0 saturated carbocycles. The number of aliphatic hydroxyl groups excluding tert-OH is 16. The first-order valence-electron chi connectivity index (χ1n) is 22.6. The van der Waals surface area contributed by atoms with Crippen molar-refractivity contribution in [2.75, 3.05) is 61.5 Å². The number of hydrogen-bond donors (Lipinski definition) is 19. The maximum Gasteiger partial charge on any atom is 0.364 e. The van der Waals surface area contributed by atoms with E-state index in [4.69, 9.17) is 37.9 Å². The van der Waals surface area contributed by atoms with Gasteiger partial charge in [-0.25, -0.2) is 4.79 Å². The van der Waals surface area contributed by atoms with Gasteiger partial charge in [-0.2, -0.15) is 0 Å². The van der Waals surface area contributed by atoms with Crippen LogP contribution in [0.15, 0.2) is 0 Å². The number of rotatable bonds is 38. The van der Waals surface area contributed by atoms with Crippen LogP contribution in [0.1, 0.15) is 46.0 Å². The van der Waals surface area contributed by atoms with Gasteiger partial charge in [-0.3, -0.25) is 9.59 Å². The van der Waals surface area contributed by atoms with Crippen LogP contribution in [0, 0.1) is 0 Å². The standard InChI is InChI=1S/C41H78N2O29/c1-17(49)42-25-21(53)15-41(40(62)63,72-35(25)28(56)22(54)16-48)71-34(32(60)39(67-6)68-23(9-13-46)29(57)30(58)36(61)64-3)24(10-14-47)69-37(65-4)26(43-18(2)50)33(20(52)8-12-45)70-38(66-5)31(59)27(55)19(51)7-11-44/h19-39,44-48,51-61H,7-16H2,1-6H3,(H,42,49)(H,43,50)(H,62,63)/t19-,20-,21?,22+,23+,24-,25+,26?,27?,28+,29?,30-,31?,32?,33?,34?,35?,36?,37-,38-,39?,41+/m0/s1. The highest BCUT2D eigenvalue weighted by atomic mass is 16.8. The van der Waals surface area contributed by atoms with Gasteiger partial charge < -0.3 is 140 Å². The molecule has 0 radical (unpaired) electrons. The maximum atomic E-state index is 13.5. The number of nitrogens with one attached hydrogen (secondary N) is 2. The number of carboxylic acids is 1. The van der Waals surface area contributed by atoms with Crippen molar-refractivity contribution in [2.24, 2.45) is 0 Å². The van der Waals surface area contributed by atoms with Crippen molar-refractivity contribution in [1.29, 1.82) is 0 Å². The Kier molecular flexibility index (Phi) is 31.3. The van der Waals surface area contributed by atoms with E-state index < -0.39 is 218 Å². The molecular weight excluding hydrogens is 984 g/mol. The lowest BCUT2D eigenvalue weighted by molar-refractivity contribution is -0.355. The van der Waals surface area contributed by atoms with E-state index in [1.165, 1.54) is 0 Å². The molecule has 22 atom stereocenters. The minimum atomic E-state index is -3.34. The average Bonchev–Trinajstić information content (AvgIpc) is 3.34. The van der Waals surface area contributed by atoms with E-state index in [0.717, 1.165) is 42.3 Å². The van der Waals surface area contributed by atoms with Gasteiger partial charge in [-0.15, -0.1) is 0 Å². The Morgan fingerprint density at radius 2 is 1.11 bits per heavy atom. The van der Waals surface area contributed by atoms with Gasteiger partial charge >= 0.3 is 5.97 Å². The summed E-state index contributed by atoms with van der Waals surface area (Å²) in [6, 6.07) is -3.64. The highest BCUT2D eigenvalue weighted by molar-refractivity contribution is 5.76. The van der Waals surface area contributed by atoms with Gasteiger partial charge in [0.2, 0.25) is 11.8 Å². The summed E-state index contributed by atoms with van der Waals surface area (Å²) in [7, 11) is 3.75. The van der Waals surface area contributed by atoms with E-state index in [2.05, 4.69) is 15.4 Å². The highest BCUT2D eigenvalue weighted by Gasteiger charge is 2.59. The monoisotopic (exact) mass is 1060 g/mol. The molecule has 19 N–H and O–H groups in total. The van der Waals surface area contributed by atoms with Crippen molar-refractivity contribution in [1.82, 2.24) is 10.6 Å². The van der Waals surface area contributed by atoms with Gasteiger partial charge in [0.05, 0.1) is 43.2 Å². The van der Waals surface area contributed by atoms with Crippen molar-refractivity contribution in [2.45, 2.75) is 181 Å². The molecule has 0 aromatic heterocycles. The largest absolute Gasteiger partial charge is 0.477 e. The molecule has 31 nitrogen and oxygen atoms in total. The van der Waals surface area contributed by atoms with E-state index in [-0.39, 0.29) is 0 Å². The molecule has 0 spiro atoms. The first kappa shape index (κ1) is 67.4. The summed E-state index contributed by atoms with van der Waals surface area (Å²) < 4.78 is 50.5.